The van der Waals surface area contributed by atoms with Gasteiger partial charge in [-0.3, -0.25) is 14.6 Å². The topological polar surface area (TPSA) is 56.3 Å². The maximum absolute atomic E-state index is 11.5. The summed E-state index contributed by atoms with van der Waals surface area (Å²) < 4.78 is 4.74. The normalized spacial score (nSPS) is 9.81. The Morgan fingerprint density at radius 2 is 2.19 bits per heavy atom. The third-order valence-electron chi connectivity index (χ3n) is 2.04. The highest BCUT2D eigenvalue weighted by Gasteiger charge is 2.08. The molecule has 16 heavy (non-hydrogen) atoms. The Labute approximate surface area is 94.6 Å². The second-order valence-corrected chi connectivity index (χ2v) is 3.38. The first-order chi connectivity index (χ1) is 7.72. The lowest BCUT2D eigenvalue weighted by Gasteiger charge is -2.01. The van der Waals surface area contributed by atoms with Crippen molar-refractivity contribution in [2.45, 2.75) is 26.2 Å². The largest absolute Gasteiger partial charge is 0.466 e. The van der Waals surface area contributed by atoms with Gasteiger partial charge in [-0.2, -0.15) is 0 Å². The number of ketones is 1. The predicted octanol–water partition coefficient (Wildman–Crippen LogP) is 1.54. The van der Waals surface area contributed by atoms with E-state index in [4.69, 9.17) is 4.74 Å². The van der Waals surface area contributed by atoms with Gasteiger partial charge in [-0.15, -0.1) is 0 Å². The number of rotatable bonds is 6. The molecule has 0 fully saturated rings. The minimum Gasteiger partial charge on any atom is -0.466 e. The number of hydrogen-bond acceptors (Lipinski definition) is 4. The molecule has 0 aliphatic heterocycles. The van der Waals surface area contributed by atoms with Crippen LogP contribution in [0.5, 0.6) is 0 Å². The molecule has 0 N–H and O–H groups in total. The number of pyridine rings is 1. The van der Waals surface area contributed by atoms with E-state index in [0.717, 1.165) is 5.56 Å². The van der Waals surface area contributed by atoms with Crippen LogP contribution in [0.3, 0.4) is 0 Å². The van der Waals surface area contributed by atoms with Gasteiger partial charge in [-0.1, -0.05) is 6.07 Å². The zero-order valence-corrected chi connectivity index (χ0v) is 9.31. The van der Waals surface area contributed by atoms with Crippen molar-refractivity contribution in [3.63, 3.8) is 0 Å². The summed E-state index contributed by atoms with van der Waals surface area (Å²) in [6.07, 6.45) is 4.03. The molecule has 0 aliphatic rings. The molecule has 0 amide bonds. The van der Waals surface area contributed by atoms with Gasteiger partial charge in [0.1, 0.15) is 5.78 Å². The minimum absolute atomic E-state index is 0.0288. The Bertz CT molecular complexity index is 349. The molecular weight excluding hydrogens is 206 g/mol. The maximum atomic E-state index is 11.5. The second-order valence-electron chi connectivity index (χ2n) is 3.38. The molecule has 0 aliphatic carbocycles. The first-order valence-electron chi connectivity index (χ1n) is 5.28. The van der Waals surface area contributed by atoms with Crippen molar-refractivity contribution in [2.75, 3.05) is 6.61 Å². The van der Waals surface area contributed by atoms with Gasteiger partial charge in [0, 0.05) is 25.2 Å². The lowest BCUT2D eigenvalue weighted by molar-refractivity contribution is -0.144. The van der Waals surface area contributed by atoms with Crippen molar-refractivity contribution in [3.05, 3.63) is 30.1 Å². The van der Waals surface area contributed by atoms with Crippen LogP contribution < -0.4 is 0 Å². The molecule has 0 saturated carbocycles. The van der Waals surface area contributed by atoms with Crippen LogP contribution in [0.15, 0.2) is 24.5 Å². The van der Waals surface area contributed by atoms with Gasteiger partial charge in [0.15, 0.2) is 0 Å². The number of nitrogens with zero attached hydrogens (tertiary/aromatic N) is 1. The molecule has 0 bridgehead atoms. The highest BCUT2D eigenvalue weighted by atomic mass is 16.5. The van der Waals surface area contributed by atoms with Crippen molar-refractivity contribution in [2.24, 2.45) is 0 Å². The second kappa shape index (κ2) is 6.71. The Hall–Kier alpha value is -1.71. The fourth-order valence-electron chi connectivity index (χ4n) is 1.29. The minimum atomic E-state index is -0.318. The smallest absolute Gasteiger partial charge is 0.306 e. The van der Waals surface area contributed by atoms with Gasteiger partial charge in [-0.25, -0.2) is 0 Å². The average molecular weight is 221 g/mol. The number of ether oxygens (including phenoxy) is 1. The summed E-state index contributed by atoms with van der Waals surface area (Å²) >= 11 is 0. The van der Waals surface area contributed by atoms with Crippen LogP contribution in [0.2, 0.25) is 0 Å². The van der Waals surface area contributed by atoms with Crippen LogP contribution >= 0.6 is 0 Å². The highest BCUT2D eigenvalue weighted by Crippen LogP contribution is 2.02. The monoisotopic (exact) mass is 221 g/mol. The van der Waals surface area contributed by atoms with Crippen molar-refractivity contribution < 1.29 is 14.3 Å². The summed E-state index contributed by atoms with van der Waals surface area (Å²) in [6, 6.07) is 3.63. The number of esters is 1. The van der Waals surface area contributed by atoms with E-state index < -0.39 is 0 Å². The molecule has 0 aromatic carbocycles. The molecule has 4 heteroatoms. The third-order valence-corrected chi connectivity index (χ3v) is 2.04. The summed E-state index contributed by atoms with van der Waals surface area (Å²) in [5.74, 6) is -0.289. The van der Waals surface area contributed by atoms with Gasteiger partial charge < -0.3 is 4.74 Å². The first kappa shape index (κ1) is 12.4. The predicted molar refractivity (Wildman–Crippen MR) is 58.8 cm³/mol. The molecule has 1 rings (SSSR count). The Morgan fingerprint density at radius 3 is 2.81 bits per heavy atom. The zero-order chi connectivity index (χ0) is 11.8. The summed E-state index contributed by atoms with van der Waals surface area (Å²) in [6.45, 7) is 2.10. The van der Waals surface area contributed by atoms with Crippen LogP contribution in [0.1, 0.15) is 25.3 Å². The zero-order valence-electron chi connectivity index (χ0n) is 9.31. The van der Waals surface area contributed by atoms with Gasteiger partial charge in [0.05, 0.1) is 13.0 Å². The van der Waals surface area contributed by atoms with E-state index in [1.165, 1.54) is 0 Å². The molecule has 0 unspecified atom stereocenters. The van der Waals surface area contributed by atoms with E-state index in [0.29, 0.717) is 13.0 Å². The van der Waals surface area contributed by atoms with Crippen molar-refractivity contribution in [1.82, 2.24) is 4.98 Å². The van der Waals surface area contributed by atoms with Crippen LogP contribution in [0.25, 0.3) is 0 Å². The molecule has 0 spiro atoms. The van der Waals surface area contributed by atoms with E-state index in [-0.39, 0.29) is 24.6 Å². The summed E-state index contributed by atoms with van der Waals surface area (Å²) in [7, 11) is 0. The van der Waals surface area contributed by atoms with Gasteiger partial charge in [0.2, 0.25) is 0 Å². The quantitative estimate of drug-likeness (QED) is 0.684. The van der Waals surface area contributed by atoms with E-state index in [1.807, 2.05) is 6.07 Å². The van der Waals surface area contributed by atoms with Gasteiger partial charge in [-0.05, 0) is 18.6 Å². The lowest BCUT2D eigenvalue weighted by atomic mass is 10.1. The third kappa shape index (κ3) is 4.68. The van der Waals surface area contributed by atoms with Crippen molar-refractivity contribution in [1.29, 1.82) is 0 Å². The summed E-state index contributed by atoms with van der Waals surface area (Å²) in [5.41, 5.74) is 0.872. The molecule has 0 atom stereocenters. The number of hydrogen-bond donors (Lipinski definition) is 0. The number of aromatic nitrogens is 1. The number of Topliss-reactive ketones (excluding diaryl/α,β-unsaturated/α-hetero) is 1. The van der Waals surface area contributed by atoms with E-state index in [1.54, 1.807) is 25.4 Å². The van der Waals surface area contributed by atoms with E-state index in [2.05, 4.69) is 4.98 Å². The summed E-state index contributed by atoms with van der Waals surface area (Å²) in [4.78, 5) is 26.4. The molecule has 1 aromatic heterocycles. The van der Waals surface area contributed by atoms with Gasteiger partial charge >= 0.3 is 5.97 Å². The maximum Gasteiger partial charge on any atom is 0.306 e. The van der Waals surface area contributed by atoms with Crippen LogP contribution in [0, 0.1) is 0 Å². The van der Waals surface area contributed by atoms with Gasteiger partial charge in [0.25, 0.3) is 0 Å². The molecule has 1 heterocycles. The Balaban J connectivity index is 2.29. The molecule has 0 radical (unpaired) electrons. The molecule has 1 aromatic rings. The Kier molecular flexibility index (Phi) is 5.19. The fraction of sp³-hybridized carbons (Fsp3) is 0.417. The average Bonchev–Trinajstić information content (AvgIpc) is 2.28. The Morgan fingerprint density at radius 1 is 1.38 bits per heavy atom. The molecular formula is C12H15NO3. The summed E-state index contributed by atoms with van der Waals surface area (Å²) in [5, 5.41) is 0. The SMILES string of the molecule is CCOC(=O)CCC(=O)Cc1cccnc1. The molecule has 4 nitrogen and oxygen atoms in total. The highest BCUT2D eigenvalue weighted by molar-refractivity contribution is 5.84. The van der Waals surface area contributed by atoms with Crippen LogP contribution in [0.4, 0.5) is 0 Å². The van der Waals surface area contributed by atoms with Crippen LogP contribution in [-0.4, -0.2) is 23.3 Å². The standard InChI is InChI=1S/C12H15NO3/c1-2-16-12(15)6-5-11(14)8-10-4-3-7-13-9-10/h3-4,7,9H,2,5-6,8H2,1H3. The molecule has 86 valence electrons. The van der Waals surface area contributed by atoms with Crippen LogP contribution in [-0.2, 0) is 20.7 Å². The number of carbonyl (C=O) groups excluding carboxylic acids is 2. The van der Waals surface area contributed by atoms with Crippen molar-refractivity contribution in [3.8, 4) is 0 Å². The first-order valence-corrected chi connectivity index (χ1v) is 5.28. The van der Waals surface area contributed by atoms with Crippen molar-refractivity contribution >= 4 is 11.8 Å². The van der Waals surface area contributed by atoms with E-state index >= 15 is 0 Å². The fourth-order valence-corrected chi connectivity index (χ4v) is 1.29. The molecule has 0 saturated heterocycles. The number of carbonyl (C=O) groups is 2. The van der Waals surface area contributed by atoms with E-state index in [9.17, 15) is 9.59 Å². The lowest BCUT2D eigenvalue weighted by Crippen LogP contribution is -2.09.